The summed E-state index contributed by atoms with van der Waals surface area (Å²) < 4.78 is 6.59. The summed E-state index contributed by atoms with van der Waals surface area (Å²) in [6.45, 7) is 3.55. The van der Waals surface area contributed by atoms with Crippen LogP contribution in [0.5, 0.6) is 0 Å². The van der Waals surface area contributed by atoms with Gasteiger partial charge in [0.05, 0.1) is 6.54 Å². The Kier molecular flexibility index (Phi) is 6.81. The van der Waals surface area contributed by atoms with E-state index in [1.54, 1.807) is 4.90 Å². The number of nitrogens with zero attached hydrogens (tertiary/aromatic N) is 1. The average molecular weight is 376 g/mol. The second kappa shape index (κ2) is 9.31. The van der Waals surface area contributed by atoms with Crippen LogP contribution in [0.25, 0.3) is 0 Å². The quantitative estimate of drug-likeness (QED) is 0.778. The first-order chi connectivity index (χ1) is 13.3. The van der Waals surface area contributed by atoms with Crippen molar-refractivity contribution in [2.45, 2.75) is 115 Å². The number of rotatable bonds is 5. The first-order valence-corrected chi connectivity index (χ1v) is 12.2. The highest BCUT2D eigenvalue weighted by Gasteiger charge is 2.48. The summed E-state index contributed by atoms with van der Waals surface area (Å²) in [4.78, 5) is 4.18. The zero-order valence-corrected chi connectivity index (χ0v) is 17.9. The second-order valence-electron chi connectivity index (χ2n) is 9.90. The summed E-state index contributed by atoms with van der Waals surface area (Å²) in [5.41, 5.74) is 0. The molecule has 0 spiro atoms. The number of ether oxygens (including phenoxy) is 1. The molecule has 0 bridgehead atoms. The minimum atomic E-state index is 0.279. The smallest absolute Gasteiger partial charge is 0.213 e. The van der Waals surface area contributed by atoms with Crippen molar-refractivity contribution in [3.8, 4) is 0 Å². The Bertz CT molecular complexity index is 481. The van der Waals surface area contributed by atoms with Gasteiger partial charge in [0.15, 0.2) is 0 Å². The molecule has 0 aromatic carbocycles. The lowest BCUT2D eigenvalue weighted by Gasteiger charge is -2.37. The molecule has 1 N–H and O–H groups in total. The molecule has 0 aromatic heterocycles. The maximum atomic E-state index is 6.59. The fraction of sp³-hybridized carbons (Fsp3) is 0.917. The Hall–Kier alpha value is -0.540. The first-order valence-electron chi connectivity index (χ1n) is 12.2. The molecule has 0 amide bonds. The van der Waals surface area contributed by atoms with Gasteiger partial charge >= 0.3 is 0 Å². The minimum Gasteiger partial charge on any atom is -0.377 e. The summed E-state index contributed by atoms with van der Waals surface area (Å²) in [6.07, 6.45) is 24.1. The molecule has 3 heteroatoms. The normalized spacial score (nSPS) is 39.0. The lowest BCUT2D eigenvalue weighted by Crippen LogP contribution is -3.17. The van der Waals surface area contributed by atoms with Crippen LogP contribution in [0.2, 0.25) is 0 Å². The van der Waals surface area contributed by atoms with Gasteiger partial charge < -0.3 is 14.5 Å². The summed E-state index contributed by atoms with van der Waals surface area (Å²) >= 11 is 0. The Morgan fingerprint density at radius 2 is 1.59 bits per heavy atom. The Labute approximate surface area is 167 Å². The van der Waals surface area contributed by atoms with Crippen LogP contribution in [0, 0.1) is 11.8 Å². The molecule has 4 aliphatic rings. The van der Waals surface area contributed by atoms with Gasteiger partial charge in [-0.2, -0.15) is 0 Å². The van der Waals surface area contributed by atoms with Crippen LogP contribution in [0.1, 0.15) is 90.4 Å². The van der Waals surface area contributed by atoms with Gasteiger partial charge in [0, 0.05) is 31.8 Å². The molecule has 4 fully saturated rings. The Balaban J connectivity index is 1.35. The molecule has 5 unspecified atom stereocenters. The maximum absolute atomic E-state index is 6.59. The molecule has 1 aliphatic heterocycles. The molecule has 1 heterocycles. The van der Waals surface area contributed by atoms with Crippen LogP contribution in [0.4, 0.5) is 0 Å². The fourth-order valence-corrected chi connectivity index (χ4v) is 6.71. The van der Waals surface area contributed by atoms with Crippen molar-refractivity contribution in [3.63, 3.8) is 0 Å². The summed E-state index contributed by atoms with van der Waals surface area (Å²) in [5, 5.41) is 0. The third-order valence-corrected chi connectivity index (χ3v) is 8.36. The summed E-state index contributed by atoms with van der Waals surface area (Å²) in [6, 6.07) is 1.49. The highest BCUT2D eigenvalue weighted by Crippen LogP contribution is 2.39. The number of hydrogen-bond donors (Lipinski definition) is 1. The molecule has 3 saturated carbocycles. The van der Waals surface area contributed by atoms with Crippen LogP contribution < -0.4 is 4.90 Å². The monoisotopic (exact) mass is 375 g/mol. The van der Waals surface area contributed by atoms with E-state index < -0.39 is 0 Å². The van der Waals surface area contributed by atoms with Gasteiger partial charge in [-0.25, -0.2) is 0 Å². The fourth-order valence-electron chi connectivity index (χ4n) is 6.71. The third kappa shape index (κ3) is 4.56. The molecule has 5 atom stereocenters. The number of nitrogens with one attached hydrogen (secondary N) is 1. The maximum Gasteiger partial charge on any atom is 0.213 e. The highest BCUT2D eigenvalue weighted by atomic mass is 16.5. The van der Waals surface area contributed by atoms with E-state index in [1.807, 2.05) is 0 Å². The number of quaternary nitrogens is 1. The van der Waals surface area contributed by atoms with Gasteiger partial charge in [-0.05, 0) is 44.4 Å². The lowest BCUT2D eigenvalue weighted by atomic mass is 9.71. The van der Waals surface area contributed by atoms with Crippen molar-refractivity contribution in [1.82, 2.24) is 4.90 Å². The average Bonchev–Trinajstić information content (AvgIpc) is 3.10. The van der Waals surface area contributed by atoms with E-state index in [0.29, 0.717) is 6.10 Å². The third-order valence-electron chi connectivity index (χ3n) is 8.36. The van der Waals surface area contributed by atoms with Crippen LogP contribution in [0.3, 0.4) is 0 Å². The standard InChI is InChI=1S/C24H42N2O/c1-3-26-22-18-20(19-10-6-4-7-11-19)14-15-23(22)27-24(26)16-17-25(2)21-12-8-5-9-13-21/h16-17,19-24H,3-15,18H2,1-2H3/p+1/b17-16+. The molecule has 0 aromatic rings. The number of hydrogen-bond acceptors (Lipinski definition) is 2. The Morgan fingerprint density at radius 3 is 2.30 bits per heavy atom. The van der Waals surface area contributed by atoms with E-state index in [1.165, 1.54) is 90.0 Å². The van der Waals surface area contributed by atoms with Crippen LogP contribution in [-0.4, -0.2) is 42.9 Å². The largest absolute Gasteiger partial charge is 0.377 e. The van der Waals surface area contributed by atoms with Gasteiger partial charge in [-0.1, -0.05) is 51.4 Å². The van der Waals surface area contributed by atoms with E-state index >= 15 is 0 Å². The van der Waals surface area contributed by atoms with E-state index in [9.17, 15) is 0 Å². The zero-order chi connectivity index (χ0) is 18.6. The predicted molar refractivity (Wildman–Crippen MR) is 112 cm³/mol. The van der Waals surface area contributed by atoms with Crippen molar-refractivity contribution < 1.29 is 9.64 Å². The van der Waals surface area contributed by atoms with Crippen molar-refractivity contribution in [2.24, 2.45) is 11.8 Å². The van der Waals surface area contributed by atoms with Gasteiger partial charge in [0.1, 0.15) is 12.1 Å². The molecule has 27 heavy (non-hydrogen) atoms. The van der Waals surface area contributed by atoms with E-state index in [0.717, 1.165) is 23.9 Å². The van der Waals surface area contributed by atoms with Crippen molar-refractivity contribution in [2.75, 3.05) is 13.6 Å². The van der Waals surface area contributed by atoms with E-state index in [4.69, 9.17) is 4.74 Å². The number of likely N-dealkylation sites (N-methyl/N-ethyl adjacent to an activating group) is 1. The Morgan fingerprint density at radius 1 is 0.889 bits per heavy atom. The summed E-state index contributed by atoms with van der Waals surface area (Å²) in [5.74, 6) is 1.99. The van der Waals surface area contributed by atoms with Crippen LogP contribution in [0.15, 0.2) is 12.3 Å². The van der Waals surface area contributed by atoms with E-state index in [2.05, 4.69) is 31.1 Å². The van der Waals surface area contributed by atoms with Gasteiger partial charge in [-0.3, -0.25) is 0 Å². The highest BCUT2D eigenvalue weighted by molar-refractivity contribution is 4.94. The molecule has 3 aliphatic carbocycles. The second-order valence-corrected chi connectivity index (χ2v) is 9.90. The molecule has 154 valence electrons. The number of fused-ring (bicyclic) bond motifs is 1. The van der Waals surface area contributed by atoms with Crippen LogP contribution >= 0.6 is 0 Å². The molecule has 0 radical (unpaired) electrons. The predicted octanol–water partition coefficient (Wildman–Crippen LogP) is 4.14. The topological polar surface area (TPSA) is 16.9 Å². The zero-order valence-electron chi connectivity index (χ0n) is 17.9. The van der Waals surface area contributed by atoms with Gasteiger partial charge in [0.25, 0.3) is 0 Å². The van der Waals surface area contributed by atoms with Crippen molar-refractivity contribution in [1.29, 1.82) is 0 Å². The minimum absolute atomic E-state index is 0.279. The molecular formula is C24H43N2O+. The molecule has 4 rings (SSSR count). The molecular weight excluding hydrogens is 332 g/mol. The summed E-state index contributed by atoms with van der Waals surface area (Å²) in [7, 11) is 2.28. The van der Waals surface area contributed by atoms with Gasteiger partial charge in [0.2, 0.25) is 6.23 Å². The molecule has 1 saturated heterocycles. The van der Waals surface area contributed by atoms with Gasteiger partial charge in [-0.15, -0.1) is 0 Å². The van der Waals surface area contributed by atoms with E-state index in [-0.39, 0.29) is 6.23 Å². The molecule has 3 nitrogen and oxygen atoms in total. The van der Waals surface area contributed by atoms with Crippen LogP contribution in [-0.2, 0) is 4.74 Å². The van der Waals surface area contributed by atoms with Crippen molar-refractivity contribution >= 4 is 0 Å². The SMILES string of the molecule is CC[NH+]1C(/C=C/N(C)C2CCCCC2)OC2CCC(C3CCCCC3)CC21. The van der Waals surface area contributed by atoms with Crippen molar-refractivity contribution in [3.05, 3.63) is 12.3 Å². The lowest BCUT2D eigenvalue weighted by molar-refractivity contribution is -0.939. The first kappa shape index (κ1) is 19.8.